The quantitative estimate of drug-likeness (QED) is 0.398. The van der Waals surface area contributed by atoms with E-state index in [0.717, 1.165) is 50.1 Å². The number of thiophene rings is 1. The Morgan fingerprint density at radius 1 is 1.15 bits per heavy atom. The van der Waals surface area contributed by atoms with Gasteiger partial charge in [0.05, 0.1) is 6.04 Å². The van der Waals surface area contributed by atoms with Crippen molar-refractivity contribution in [2.45, 2.75) is 59.5 Å². The van der Waals surface area contributed by atoms with Crippen molar-refractivity contribution in [2.24, 2.45) is 5.92 Å². The molecule has 5 nitrogen and oxygen atoms in total. The fraction of sp³-hybridized carbons (Fsp3) is 0.444. The van der Waals surface area contributed by atoms with Gasteiger partial charge in [0, 0.05) is 41.6 Å². The maximum absolute atomic E-state index is 13.1. The van der Waals surface area contributed by atoms with E-state index in [0.29, 0.717) is 5.92 Å². The zero-order valence-electron chi connectivity index (χ0n) is 20.2. The van der Waals surface area contributed by atoms with Gasteiger partial charge in [0.2, 0.25) is 0 Å². The SMILES string of the molecule is CCN1CCc2c(sc(-n3cccc3)c2[C@H](CCC(C)C)NC(=O)Nc2cccc(C)c2)C1. The van der Waals surface area contributed by atoms with Crippen molar-refractivity contribution in [1.82, 2.24) is 14.8 Å². The molecule has 2 aromatic heterocycles. The molecule has 1 aliphatic rings. The third-order valence-corrected chi connectivity index (χ3v) is 7.65. The molecule has 0 fully saturated rings. The van der Waals surface area contributed by atoms with Crippen LogP contribution in [0, 0.1) is 12.8 Å². The summed E-state index contributed by atoms with van der Waals surface area (Å²) in [6.45, 7) is 11.9. The molecule has 0 aliphatic carbocycles. The molecule has 1 aromatic carbocycles. The van der Waals surface area contributed by atoms with Gasteiger partial charge < -0.3 is 15.2 Å². The van der Waals surface area contributed by atoms with Gasteiger partial charge in [-0.15, -0.1) is 11.3 Å². The number of carbonyl (C=O) groups is 1. The minimum atomic E-state index is -0.140. The third-order valence-electron chi connectivity index (χ3n) is 6.41. The molecular weight excluding hydrogens is 428 g/mol. The standard InChI is InChI=1S/C27H36N4OS/c1-5-30-16-13-22-24(18-30)33-26(31-14-6-7-15-31)25(22)23(12-11-19(2)3)29-27(32)28-21-10-8-9-20(4)17-21/h6-10,14-15,17,19,23H,5,11-13,16,18H2,1-4H3,(H2,28,29,32)/t23-/m0/s1. The molecule has 0 saturated heterocycles. The molecule has 1 aliphatic heterocycles. The minimum absolute atomic E-state index is 0.0252. The Balaban J connectivity index is 1.67. The van der Waals surface area contributed by atoms with Crippen LogP contribution < -0.4 is 10.6 Å². The first kappa shape index (κ1) is 23.6. The van der Waals surface area contributed by atoms with E-state index in [9.17, 15) is 4.79 Å². The summed E-state index contributed by atoms with van der Waals surface area (Å²) >= 11 is 1.88. The Kier molecular flexibility index (Phi) is 7.56. The first-order valence-corrected chi connectivity index (χ1v) is 12.9. The van der Waals surface area contributed by atoms with E-state index in [1.54, 1.807) is 0 Å². The van der Waals surface area contributed by atoms with Crippen molar-refractivity contribution in [1.29, 1.82) is 0 Å². The highest BCUT2D eigenvalue weighted by Crippen LogP contribution is 2.41. The number of urea groups is 1. The third kappa shape index (κ3) is 5.68. The number of carbonyl (C=O) groups excluding carboxylic acids is 1. The number of aryl methyl sites for hydroxylation is 1. The zero-order chi connectivity index (χ0) is 23.4. The first-order valence-electron chi connectivity index (χ1n) is 12.1. The second kappa shape index (κ2) is 10.6. The number of hydrogen-bond acceptors (Lipinski definition) is 3. The molecule has 0 spiro atoms. The fourth-order valence-corrected chi connectivity index (χ4v) is 6.01. The molecular formula is C27H36N4OS. The summed E-state index contributed by atoms with van der Waals surface area (Å²) in [5, 5.41) is 7.64. The highest BCUT2D eigenvalue weighted by atomic mass is 32.1. The molecule has 0 radical (unpaired) electrons. The number of benzene rings is 1. The van der Waals surface area contributed by atoms with Gasteiger partial charge in [0.25, 0.3) is 0 Å². The van der Waals surface area contributed by atoms with Crippen LogP contribution in [0.1, 0.15) is 61.2 Å². The maximum atomic E-state index is 13.1. The van der Waals surface area contributed by atoms with Crippen molar-refractivity contribution in [2.75, 3.05) is 18.4 Å². The monoisotopic (exact) mass is 464 g/mol. The van der Waals surface area contributed by atoms with Crippen LogP contribution in [0.5, 0.6) is 0 Å². The van der Waals surface area contributed by atoms with Crippen molar-refractivity contribution < 1.29 is 4.79 Å². The van der Waals surface area contributed by atoms with Gasteiger partial charge in [0.1, 0.15) is 5.00 Å². The van der Waals surface area contributed by atoms with Crippen LogP contribution >= 0.6 is 11.3 Å². The van der Waals surface area contributed by atoms with Crippen LogP contribution in [0.4, 0.5) is 10.5 Å². The largest absolute Gasteiger partial charge is 0.331 e. The second-order valence-electron chi connectivity index (χ2n) is 9.42. The summed E-state index contributed by atoms with van der Waals surface area (Å²) in [5.74, 6) is 0.578. The topological polar surface area (TPSA) is 49.3 Å². The van der Waals surface area contributed by atoms with E-state index in [4.69, 9.17) is 0 Å². The Morgan fingerprint density at radius 2 is 1.94 bits per heavy atom. The maximum Gasteiger partial charge on any atom is 0.319 e. The van der Waals surface area contributed by atoms with Crippen molar-refractivity contribution in [3.05, 3.63) is 70.4 Å². The molecule has 0 bridgehead atoms. The van der Waals surface area contributed by atoms with Crippen LogP contribution in [-0.4, -0.2) is 28.6 Å². The van der Waals surface area contributed by atoms with Crippen LogP contribution in [0.2, 0.25) is 0 Å². The highest BCUT2D eigenvalue weighted by Gasteiger charge is 2.30. The fourth-order valence-electron chi connectivity index (χ4n) is 4.59. The smallest absolute Gasteiger partial charge is 0.319 e. The van der Waals surface area contributed by atoms with Crippen molar-refractivity contribution >= 4 is 23.1 Å². The van der Waals surface area contributed by atoms with Gasteiger partial charge in [0.15, 0.2) is 0 Å². The Hall–Kier alpha value is -2.57. The number of nitrogens with one attached hydrogen (secondary N) is 2. The van der Waals surface area contributed by atoms with Crippen LogP contribution in [0.3, 0.4) is 0 Å². The molecule has 0 saturated carbocycles. The molecule has 3 heterocycles. The van der Waals surface area contributed by atoms with Gasteiger partial charge in [-0.25, -0.2) is 4.79 Å². The van der Waals surface area contributed by atoms with Crippen LogP contribution in [0.15, 0.2) is 48.8 Å². The molecule has 33 heavy (non-hydrogen) atoms. The van der Waals surface area contributed by atoms with Gasteiger partial charge in [-0.05, 0) is 74.0 Å². The first-order chi connectivity index (χ1) is 15.9. The summed E-state index contributed by atoms with van der Waals surface area (Å²) in [6, 6.07) is 11.9. The predicted octanol–water partition coefficient (Wildman–Crippen LogP) is 6.52. The van der Waals surface area contributed by atoms with Crippen molar-refractivity contribution in [3.8, 4) is 5.00 Å². The Morgan fingerprint density at radius 3 is 2.64 bits per heavy atom. The summed E-state index contributed by atoms with van der Waals surface area (Å²) in [4.78, 5) is 17.0. The average molecular weight is 465 g/mol. The molecule has 3 aromatic rings. The molecule has 2 amide bonds. The predicted molar refractivity (Wildman–Crippen MR) is 138 cm³/mol. The van der Waals surface area contributed by atoms with Gasteiger partial charge in [-0.1, -0.05) is 32.9 Å². The Bertz CT molecular complexity index is 1070. The molecule has 2 N–H and O–H groups in total. The lowest BCUT2D eigenvalue weighted by molar-refractivity contribution is 0.246. The lowest BCUT2D eigenvalue weighted by Gasteiger charge is -2.28. The normalized spacial score (nSPS) is 14.8. The van der Waals surface area contributed by atoms with E-state index in [-0.39, 0.29) is 12.1 Å². The van der Waals surface area contributed by atoms with Gasteiger partial charge in [-0.2, -0.15) is 0 Å². The van der Waals surface area contributed by atoms with E-state index >= 15 is 0 Å². The molecule has 176 valence electrons. The van der Waals surface area contributed by atoms with E-state index in [1.165, 1.54) is 21.0 Å². The number of nitrogens with zero attached hydrogens (tertiary/aromatic N) is 2. The number of anilines is 1. The number of likely N-dealkylation sites (N-methyl/N-ethyl adjacent to an activating group) is 1. The van der Waals surface area contributed by atoms with E-state index in [1.807, 2.05) is 42.5 Å². The number of rotatable bonds is 8. The highest BCUT2D eigenvalue weighted by molar-refractivity contribution is 7.15. The molecule has 4 rings (SSSR count). The summed E-state index contributed by atoms with van der Waals surface area (Å²) in [5.41, 5.74) is 4.71. The number of amides is 2. The summed E-state index contributed by atoms with van der Waals surface area (Å²) in [7, 11) is 0. The molecule has 1 atom stereocenters. The lowest BCUT2D eigenvalue weighted by Crippen LogP contribution is -2.35. The van der Waals surface area contributed by atoms with Crippen LogP contribution in [-0.2, 0) is 13.0 Å². The summed E-state index contributed by atoms with van der Waals surface area (Å²) in [6.07, 6.45) is 7.26. The molecule has 0 unspecified atom stereocenters. The second-order valence-corrected chi connectivity index (χ2v) is 10.5. The van der Waals surface area contributed by atoms with Crippen LogP contribution in [0.25, 0.3) is 5.00 Å². The van der Waals surface area contributed by atoms with E-state index < -0.39 is 0 Å². The van der Waals surface area contributed by atoms with Gasteiger partial charge >= 0.3 is 6.03 Å². The van der Waals surface area contributed by atoms with Gasteiger partial charge in [-0.3, -0.25) is 4.90 Å². The number of fused-ring (bicyclic) bond motifs is 1. The molecule has 6 heteroatoms. The van der Waals surface area contributed by atoms with E-state index in [2.05, 4.69) is 65.4 Å². The Labute approximate surface area is 201 Å². The summed E-state index contributed by atoms with van der Waals surface area (Å²) < 4.78 is 2.22. The average Bonchev–Trinajstić information content (AvgIpc) is 3.43. The van der Waals surface area contributed by atoms with Crippen molar-refractivity contribution in [3.63, 3.8) is 0 Å². The number of aromatic nitrogens is 1. The lowest BCUT2D eigenvalue weighted by atomic mass is 9.92. The number of hydrogen-bond donors (Lipinski definition) is 2. The zero-order valence-corrected chi connectivity index (χ0v) is 21.0. The minimum Gasteiger partial charge on any atom is -0.331 e.